The number of carboxylic acids is 1. The summed E-state index contributed by atoms with van der Waals surface area (Å²) in [7, 11) is 3.08. The van der Waals surface area contributed by atoms with Gasteiger partial charge in [-0.2, -0.15) is 0 Å². The van der Waals surface area contributed by atoms with E-state index >= 15 is 0 Å². The summed E-state index contributed by atoms with van der Waals surface area (Å²) in [6.07, 6.45) is 0.521. The van der Waals surface area contributed by atoms with Crippen molar-refractivity contribution in [2.75, 3.05) is 20.7 Å². The maximum absolute atomic E-state index is 12.7. The van der Waals surface area contributed by atoms with Gasteiger partial charge in [0.2, 0.25) is 6.41 Å². The molecule has 2 aromatic carbocycles. The topological polar surface area (TPSA) is 92.1 Å². The number of methoxy groups -OCH3 is 1. The van der Waals surface area contributed by atoms with E-state index in [9.17, 15) is 19.5 Å². The molecule has 0 saturated heterocycles. The monoisotopic (exact) mass is 435 g/mol. The number of aromatic carboxylic acids is 1. The Morgan fingerprint density at radius 1 is 1.22 bits per heavy atom. The molecule has 0 bridgehead atoms. The number of rotatable bonds is 5. The molecule has 8 nitrogen and oxygen atoms in total. The summed E-state index contributed by atoms with van der Waals surface area (Å²) in [6, 6.07) is 12.4. The van der Waals surface area contributed by atoms with Gasteiger partial charge in [-0.15, -0.1) is 0 Å². The van der Waals surface area contributed by atoms with Gasteiger partial charge in [-0.25, -0.2) is 9.59 Å². The smallest absolute Gasteiger partial charge is 0.335 e. The molecule has 32 heavy (non-hydrogen) atoms. The van der Waals surface area contributed by atoms with Crippen molar-refractivity contribution in [3.63, 3.8) is 0 Å². The largest absolute Gasteiger partial charge is 0.497 e. The zero-order valence-corrected chi connectivity index (χ0v) is 18.2. The van der Waals surface area contributed by atoms with Crippen molar-refractivity contribution in [2.24, 2.45) is 0 Å². The quantitative estimate of drug-likeness (QED) is 0.619. The number of aromatic nitrogens is 1. The first-order chi connectivity index (χ1) is 15.3. The molecule has 4 rings (SSSR count). The van der Waals surface area contributed by atoms with Crippen molar-refractivity contribution in [3.8, 4) is 5.75 Å². The number of amides is 3. The van der Waals surface area contributed by atoms with Crippen molar-refractivity contribution in [1.29, 1.82) is 0 Å². The molecule has 1 unspecified atom stereocenters. The van der Waals surface area contributed by atoms with Gasteiger partial charge >= 0.3 is 12.0 Å². The van der Waals surface area contributed by atoms with Crippen molar-refractivity contribution in [2.45, 2.75) is 25.9 Å². The second-order valence-corrected chi connectivity index (χ2v) is 8.11. The van der Waals surface area contributed by atoms with Gasteiger partial charge in [-0.1, -0.05) is 19.1 Å². The van der Waals surface area contributed by atoms with Crippen LogP contribution in [0.2, 0.25) is 0 Å². The minimum absolute atomic E-state index is 0.0780. The Morgan fingerprint density at radius 3 is 2.56 bits per heavy atom. The Hall–Kier alpha value is -3.81. The molecule has 1 N–H and O–H groups in total. The maximum Gasteiger partial charge on any atom is 0.335 e. The van der Waals surface area contributed by atoms with Crippen LogP contribution in [0.15, 0.2) is 42.5 Å². The van der Waals surface area contributed by atoms with E-state index in [1.165, 1.54) is 12.6 Å². The highest BCUT2D eigenvalue weighted by Crippen LogP contribution is 2.38. The maximum atomic E-state index is 12.7. The lowest BCUT2D eigenvalue weighted by Gasteiger charge is -2.33. The number of nitrogens with zero attached hydrogens (tertiary/aromatic N) is 3. The molecule has 0 radical (unpaired) electrons. The fraction of sp³-hybridized carbons (Fsp3) is 0.292. The lowest BCUT2D eigenvalue weighted by atomic mass is 9.93. The number of carboxylic acid groups (broad SMARTS) is 1. The molecule has 1 atom stereocenters. The van der Waals surface area contributed by atoms with Gasteiger partial charge in [-0.05, 0) is 35.4 Å². The van der Waals surface area contributed by atoms with Crippen LogP contribution < -0.4 is 4.74 Å². The molecular formula is C24H25N3O5. The summed E-state index contributed by atoms with van der Waals surface area (Å²) in [5.41, 5.74) is 4.35. The second-order valence-electron chi connectivity index (χ2n) is 8.11. The highest BCUT2D eigenvalue weighted by molar-refractivity contribution is 5.90. The third kappa shape index (κ3) is 3.68. The molecule has 0 saturated carbocycles. The third-order valence-electron chi connectivity index (χ3n) is 6.02. The number of imide groups is 1. The summed E-state index contributed by atoms with van der Waals surface area (Å²) in [6.45, 7) is 3.48. The average molecular weight is 435 g/mol. The highest BCUT2D eigenvalue weighted by atomic mass is 16.5. The zero-order valence-electron chi connectivity index (χ0n) is 18.2. The summed E-state index contributed by atoms with van der Waals surface area (Å²) >= 11 is 0. The molecule has 1 aromatic heterocycles. The van der Waals surface area contributed by atoms with E-state index in [0.29, 0.717) is 26.0 Å². The lowest BCUT2D eigenvalue weighted by molar-refractivity contribution is -0.115. The molecule has 2 heterocycles. The first kappa shape index (κ1) is 21.4. The van der Waals surface area contributed by atoms with Crippen molar-refractivity contribution in [1.82, 2.24) is 14.4 Å². The lowest BCUT2D eigenvalue weighted by Crippen LogP contribution is -2.44. The van der Waals surface area contributed by atoms with Gasteiger partial charge < -0.3 is 19.3 Å². The van der Waals surface area contributed by atoms with Crippen LogP contribution in [0.5, 0.6) is 5.75 Å². The standard InChI is InChI=1S/C24H25N3O5/c1-15-11-26(24(31)25(2)14-28)13-21-22(15)19-9-8-18(32-3)10-20(19)27(21)12-16-4-6-17(7-5-16)23(29)30/h4-10,14-15H,11-13H2,1-3H3,(H,29,30). The SMILES string of the molecule is COc1ccc2c3c(n(Cc4ccc(C(=O)O)cc4)c2c1)CN(C(=O)N(C)C=O)CC3C. The van der Waals surface area contributed by atoms with Crippen LogP contribution >= 0.6 is 0 Å². The van der Waals surface area contributed by atoms with E-state index < -0.39 is 5.97 Å². The Bertz CT molecular complexity index is 1200. The van der Waals surface area contributed by atoms with E-state index in [2.05, 4.69) is 11.5 Å². The summed E-state index contributed by atoms with van der Waals surface area (Å²) in [4.78, 5) is 37.8. The normalized spacial score (nSPS) is 15.3. The molecule has 8 heteroatoms. The number of hydrogen-bond acceptors (Lipinski definition) is 4. The summed E-state index contributed by atoms with van der Waals surface area (Å²) in [5, 5.41) is 10.3. The molecule has 0 fully saturated rings. The highest BCUT2D eigenvalue weighted by Gasteiger charge is 2.32. The number of ether oxygens (including phenoxy) is 1. The molecule has 0 spiro atoms. The van der Waals surface area contributed by atoms with Crippen molar-refractivity contribution in [3.05, 3.63) is 64.8 Å². The predicted octanol–water partition coefficient (Wildman–Crippen LogP) is 3.52. The molecular weight excluding hydrogens is 410 g/mol. The number of fused-ring (bicyclic) bond motifs is 3. The van der Waals surface area contributed by atoms with Crippen LogP contribution in [0, 0.1) is 0 Å². The van der Waals surface area contributed by atoms with Crippen LogP contribution in [0.4, 0.5) is 4.79 Å². The molecule has 1 aliphatic rings. The first-order valence-corrected chi connectivity index (χ1v) is 10.3. The van der Waals surface area contributed by atoms with Gasteiger partial charge in [0.1, 0.15) is 5.75 Å². The molecule has 3 amide bonds. The Labute approximate surface area is 185 Å². The van der Waals surface area contributed by atoms with Crippen LogP contribution in [0.25, 0.3) is 10.9 Å². The summed E-state index contributed by atoms with van der Waals surface area (Å²) < 4.78 is 7.60. The zero-order chi connectivity index (χ0) is 23.0. The van der Waals surface area contributed by atoms with Crippen LogP contribution in [-0.4, -0.2) is 58.6 Å². The Kier molecular flexibility index (Phi) is 5.61. The summed E-state index contributed by atoms with van der Waals surface area (Å²) in [5.74, 6) is -0.155. The van der Waals surface area contributed by atoms with Gasteiger partial charge in [0, 0.05) is 43.2 Å². The second kappa shape index (κ2) is 8.37. The predicted molar refractivity (Wildman–Crippen MR) is 119 cm³/mol. The Morgan fingerprint density at radius 2 is 1.94 bits per heavy atom. The number of hydrogen-bond donors (Lipinski definition) is 1. The third-order valence-corrected chi connectivity index (χ3v) is 6.02. The van der Waals surface area contributed by atoms with Crippen molar-refractivity contribution >= 4 is 29.3 Å². The number of benzene rings is 2. The minimum Gasteiger partial charge on any atom is -0.497 e. The van der Waals surface area contributed by atoms with E-state index in [-0.39, 0.29) is 17.5 Å². The average Bonchev–Trinajstić information content (AvgIpc) is 3.11. The van der Waals surface area contributed by atoms with Crippen molar-refractivity contribution < 1.29 is 24.2 Å². The van der Waals surface area contributed by atoms with Gasteiger partial charge in [0.25, 0.3) is 0 Å². The number of carbonyl (C=O) groups excluding carboxylic acids is 2. The molecule has 3 aromatic rings. The molecule has 166 valence electrons. The van der Waals surface area contributed by atoms with Crippen LogP contribution in [0.1, 0.15) is 40.0 Å². The van der Waals surface area contributed by atoms with E-state index in [1.54, 1.807) is 36.3 Å². The fourth-order valence-electron chi connectivity index (χ4n) is 4.45. The van der Waals surface area contributed by atoms with Gasteiger partial charge in [0.15, 0.2) is 0 Å². The van der Waals surface area contributed by atoms with Gasteiger partial charge in [-0.3, -0.25) is 9.69 Å². The minimum atomic E-state index is -0.965. The molecule has 1 aliphatic heterocycles. The van der Waals surface area contributed by atoms with Crippen LogP contribution in [-0.2, 0) is 17.9 Å². The Balaban J connectivity index is 1.82. The number of carbonyl (C=O) groups is 3. The van der Waals surface area contributed by atoms with E-state index in [0.717, 1.165) is 32.8 Å². The van der Waals surface area contributed by atoms with Crippen LogP contribution in [0.3, 0.4) is 0 Å². The van der Waals surface area contributed by atoms with E-state index in [1.807, 2.05) is 18.2 Å². The molecule has 0 aliphatic carbocycles. The van der Waals surface area contributed by atoms with E-state index in [4.69, 9.17) is 4.74 Å². The first-order valence-electron chi connectivity index (χ1n) is 10.3. The number of urea groups is 1. The van der Waals surface area contributed by atoms with Gasteiger partial charge in [0.05, 0.1) is 24.7 Å². The fourth-order valence-corrected chi connectivity index (χ4v) is 4.45.